The Hall–Kier alpha value is -1.76. The van der Waals surface area contributed by atoms with E-state index in [9.17, 15) is 18.0 Å². The van der Waals surface area contributed by atoms with E-state index in [0.717, 1.165) is 6.07 Å². The fourth-order valence-electron chi connectivity index (χ4n) is 2.04. The summed E-state index contributed by atoms with van der Waals surface area (Å²) in [5.74, 6) is -0.516. The van der Waals surface area contributed by atoms with Crippen molar-refractivity contribution in [1.29, 1.82) is 0 Å². The summed E-state index contributed by atoms with van der Waals surface area (Å²) < 4.78 is 38.8. The van der Waals surface area contributed by atoms with E-state index in [2.05, 4.69) is 10.6 Å². The van der Waals surface area contributed by atoms with E-state index in [4.69, 9.17) is 0 Å². The third kappa shape index (κ3) is 4.93. The largest absolute Gasteiger partial charge is 0.418 e. The fraction of sp³-hybridized carbons (Fsp3) is 0.500. The maximum Gasteiger partial charge on any atom is 0.418 e. The average Bonchev–Trinajstić information content (AvgIpc) is 2.35. The molecule has 1 unspecified atom stereocenters. The summed E-state index contributed by atoms with van der Waals surface area (Å²) in [5.41, 5.74) is -0.912. The second-order valence-corrected chi connectivity index (χ2v) is 5.14. The predicted octanol–water partition coefficient (Wildman–Crippen LogP) is 2.43. The molecule has 4 nitrogen and oxygen atoms in total. The highest BCUT2D eigenvalue weighted by Crippen LogP contribution is 2.35. The molecule has 0 aromatic heterocycles. The van der Waals surface area contributed by atoms with Crippen LogP contribution in [0.25, 0.3) is 0 Å². The third-order valence-electron chi connectivity index (χ3n) is 2.87. The fourth-order valence-corrected chi connectivity index (χ4v) is 2.04. The van der Waals surface area contributed by atoms with E-state index in [0.29, 0.717) is 6.54 Å². The van der Waals surface area contributed by atoms with Crippen molar-refractivity contribution >= 4 is 11.6 Å². The number of nitrogens with zero attached hydrogens (tertiary/aromatic N) is 1. The number of amides is 1. The smallest absolute Gasteiger partial charge is 0.388 e. The minimum absolute atomic E-state index is 0.00747. The Morgan fingerprint density at radius 2 is 1.95 bits per heavy atom. The van der Waals surface area contributed by atoms with Crippen molar-refractivity contribution in [2.75, 3.05) is 33.0 Å². The van der Waals surface area contributed by atoms with Gasteiger partial charge in [0, 0.05) is 30.9 Å². The van der Waals surface area contributed by atoms with E-state index in [1.54, 1.807) is 6.92 Å². The molecule has 7 heteroatoms. The molecule has 0 aliphatic heterocycles. The van der Waals surface area contributed by atoms with E-state index in [1.807, 2.05) is 19.0 Å². The van der Waals surface area contributed by atoms with Crippen LogP contribution in [0, 0.1) is 0 Å². The average molecular weight is 303 g/mol. The van der Waals surface area contributed by atoms with Crippen LogP contribution in [0.4, 0.5) is 18.9 Å². The Kier molecular flexibility index (Phi) is 5.60. The van der Waals surface area contributed by atoms with E-state index < -0.39 is 17.6 Å². The predicted molar refractivity (Wildman–Crippen MR) is 76.5 cm³/mol. The zero-order valence-electron chi connectivity index (χ0n) is 12.5. The lowest BCUT2D eigenvalue weighted by molar-refractivity contribution is -0.136. The summed E-state index contributed by atoms with van der Waals surface area (Å²) in [6, 6.07) is 3.34. The van der Waals surface area contributed by atoms with E-state index >= 15 is 0 Å². The molecule has 0 spiro atoms. The maximum atomic E-state index is 12.9. The number of hydrogen-bond donors (Lipinski definition) is 2. The van der Waals surface area contributed by atoms with Crippen LogP contribution in [-0.2, 0) is 6.18 Å². The number of halogens is 3. The zero-order valence-corrected chi connectivity index (χ0v) is 12.5. The van der Waals surface area contributed by atoms with Gasteiger partial charge in [-0.05, 0) is 39.2 Å². The number of hydrogen-bond acceptors (Lipinski definition) is 3. The number of rotatable bonds is 5. The molecule has 0 bridgehead atoms. The summed E-state index contributed by atoms with van der Waals surface area (Å²) in [7, 11) is 5.11. The number of anilines is 1. The minimum atomic E-state index is -4.51. The van der Waals surface area contributed by atoms with Gasteiger partial charge in [-0.3, -0.25) is 4.79 Å². The highest BCUT2D eigenvalue weighted by molar-refractivity contribution is 5.95. The Balaban J connectivity index is 2.96. The lowest BCUT2D eigenvalue weighted by Crippen LogP contribution is -2.39. The number of nitrogens with one attached hydrogen (secondary N) is 2. The topological polar surface area (TPSA) is 44.4 Å². The van der Waals surface area contributed by atoms with Crippen molar-refractivity contribution in [3.05, 3.63) is 29.3 Å². The summed E-state index contributed by atoms with van der Waals surface area (Å²) >= 11 is 0. The molecule has 0 heterocycles. The molecule has 118 valence electrons. The molecule has 21 heavy (non-hydrogen) atoms. The maximum absolute atomic E-state index is 12.9. The van der Waals surface area contributed by atoms with Gasteiger partial charge in [0.15, 0.2) is 0 Å². The van der Waals surface area contributed by atoms with E-state index in [-0.39, 0.29) is 17.3 Å². The second-order valence-electron chi connectivity index (χ2n) is 5.14. The summed E-state index contributed by atoms with van der Waals surface area (Å²) in [6.45, 7) is 2.40. The first-order valence-electron chi connectivity index (χ1n) is 6.49. The standard InChI is InChI=1S/C14H20F3N3O/c1-9(8-20(3)4)19-13(21)10-5-6-12(18-2)11(7-10)14(15,16)17/h5-7,9,18H,8H2,1-4H3,(H,19,21). The molecule has 0 radical (unpaired) electrons. The van der Waals surface area contributed by atoms with Gasteiger partial charge in [-0.2, -0.15) is 13.2 Å². The Morgan fingerprint density at radius 3 is 2.43 bits per heavy atom. The van der Waals surface area contributed by atoms with Gasteiger partial charge in [-0.1, -0.05) is 0 Å². The van der Waals surface area contributed by atoms with Crippen molar-refractivity contribution in [3.8, 4) is 0 Å². The SMILES string of the molecule is CNc1ccc(C(=O)NC(C)CN(C)C)cc1C(F)(F)F. The monoisotopic (exact) mass is 303 g/mol. The molecule has 0 saturated heterocycles. The quantitative estimate of drug-likeness (QED) is 0.878. The molecule has 1 aromatic carbocycles. The van der Waals surface area contributed by atoms with Crippen molar-refractivity contribution in [2.45, 2.75) is 19.1 Å². The Bertz CT molecular complexity index is 501. The first-order valence-corrected chi connectivity index (χ1v) is 6.49. The van der Waals surface area contributed by atoms with Gasteiger partial charge < -0.3 is 15.5 Å². The van der Waals surface area contributed by atoms with Crippen LogP contribution in [0.5, 0.6) is 0 Å². The number of benzene rings is 1. The minimum Gasteiger partial charge on any atom is -0.388 e. The molecule has 0 aliphatic rings. The third-order valence-corrected chi connectivity index (χ3v) is 2.87. The lowest BCUT2D eigenvalue weighted by Gasteiger charge is -2.19. The molecule has 1 aromatic rings. The number of alkyl halides is 3. The molecular formula is C14H20F3N3O. The molecule has 0 aliphatic carbocycles. The highest BCUT2D eigenvalue weighted by Gasteiger charge is 2.34. The summed E-state index contributed by atoms with van der Waals surface area (Å²) in [5, 5.41) is 5.15. The zero-order chi connectivity index (χ0) is 16.2. The molecule has 1 amide bonds. The molecule has 1 atom stereocenters. The van der Waals surface area contributed by atoms with Gasteiger partial charge in [0.25, 0.3) is 5.91 Å². The molecular weight excluding hydrogens is 283 g/mol. The number of carbonyl (C=O) groups excluding carboxylic acids is 1. The van der Waals surface area contributed by atoms with Crippen molar-refractivity contribution in [1.82, 2.24) is 10.2 Å². The van der Waals surface area contributed by atoms with Crippen molar-refractivity contribution < 1.29 is 18.0 Å². The molecule has 0 saturated carbocycles. The van der Waals surface area contributed by atoms with Gasteiger partial charge in [-0.15, -0.1) is 0 Å². The van der Waals surface area contributed by atoms with Crippen LogP contribution < -0.4 is 10.6 Å². The van der Waals surface area contributed by atoms with Gasteiger partial charge in [-0.25, -0.2) is 0 Å². The summed E-state index contributed by atoms with van der Waals surface area (Å²) in [4.78, 5) is 13.9. The summed E-state index contributed by atoms with van der Waals surface area (Å²) in [6.07, 6.45) is -4.51. The second kappa shape index (κ2) is 6.80. The Labute approximate surface area is 122 Å². The van der Waals surface area contributed by atoms with Gasteiger partial charge >= 0.3 is 6.18 Å². The lowest BCUT2D eigenvalue weighted by atomic mass is 10.1. The van der Waals surface area contributed by atoms with Crippen molar-refractivity contribution in [3.63, 3.8) is 0 Å². The number of carbonyl (C=O) groups is 1. The molecule has 0 fully saturated rings. The van der Waals surface area contributed by atoms with Crippen molar-refractivity contribution in [2.24, 2.45) is 0 Å². The Morgan fingerprint density at radius 1 is 1.33 bits per heavy atom. The van der Waals surface area contributed by atoms with Crippen LogP contribution in [0.2, 0.25) is 0 Å². The highest BCUT2D eigenvalue weighted by atomic mass is 19.4. The molecule has 1 rings (SSSR count). The normalized spacial score (nSPS) is 13.1. The van der Waals surface area contributed by atoms with E-state index in [1.165, 1.54) is 19.2 Å². The van der Waals surface area contributed by atoms with Crippen LogP contribution in [0.15, 0.2) is 18.2 Å². The van der Waals surface area contributed by atoms with Crippen LogP contribution in [0.3, 0.4) is 0 Å². The van der Waals surface area contributed by atoms with Crippen LogP contribution in [-0.4, -0.2) is 44.5 Å². The first-order chi connectivity index (χ1) is 9.65. The van der Waals surface area contributed by atoms with Gasteiger partial charge in [0.1, 0.15) is 0 Å². The number of likely N-dealkylation sites (N-methyl/N-ethyl adjacent to an activating group) is 1. The first kappa shape index (κ1) is 17.3. The van der Waals surface area contributed by atoms with Crippen LogP contribution in [0.1, 0.15) is 22.8 Å². The van der Waals surface area contributed by atoms with Crippen LogP contribution >= 0.6 is 0 Å². The molecule has 2 N–H and O–H groups in total. The van der Waals surface area contributed by atoms with Gasteiger partial charge in [0.05, 0.1) is 5.56 Å². The van der Waals surface area contributed by atoms with Gasteiger partial charge in [0.2, 0.25) is 0 Å².